The predicted octanol–water partition coefficient (Wildman–Crippen LogP) is 4.31. The number of rotatable bonds is 9. The van der Waals surface area contributed by atoms with Gasteiger partial charge >= 0.3 is 0 Å². The Morgan fingerprint density at radius 1 is 0.735 bits per heavy atom. The molecule has 3 N–H and O–H groups in total. The molecule has 2 aliphatic rings. The normalized spacial score (nSPS) is 17.5. The largest absolute Gasteiger partial charge is 0.351 e. The van der Waals surface area contributed by atoms with Gasteiger partial charge in [-0.3, -0.25) is 9.88 Å². The fraction of sp³-hybridized carbons (Fsp3) is 0.462. The van der Waals surface area contributed by atoms with E-state index < -0.39 is 0 Å². The van der Waals surface area contributed by atoms with Crippen molar-refractivity contribution in [1.82, 2.24) is 24.8 Å². The van der Waals surface area contributed by atoms with Crippen LogP contribution < -0.4 is 16.0 Å². The van der Waals surface area contributed by atoms with Crippen LogP contribution in [0, 0.1) is 0 Å². The Morgan fingerprint density at radius 2 is 1.38 bits per heavy atom. The maximum absolute atomic E-state index is 4.72. The third-order valence-electron chi connectivity index (χ3n) is 6.67. The molecule has 2 fully saturated rings. The van der Waals surface area contributed by atoms with E-state index in [1.807, 2.05) is 18.3 Å². The van der Waals surface area contributed by atoms with Crippen LogP contribution in [0.1, 0.15) is 49.7 Å². The average molecular weight is 459 g/mol. The van der Waals surface area contributed by atoms with Crippen molar-refractivity contribution in [3.05, 3.63) is 66.0 Å². The lowest BCUT2D eigenvalue weighted by Crippen LogP contribution is -2.39. The van der Waals surface area contributed by atoms with E-state index in [4.69, 9.17) is 4.98 Å². The van der Waals surface area contributed by atoms with Crippen LogP contribution in [0.25, 0.3) is 0 Å². The molecule has 1 aliphatic carbocycles. The number of nitrogens with one attached hydrogen (secondary N) is 3. The van der Waals surface area contributed by atoms with Gasteiger partial charge in [-0.05, 0) is 42.9 Å². The summed E-state index contributed by atoms with van der Waals surface area (Å²) in [5, 5.41) is 10.5. The third kappa shape index (κ3) is 6.41. The molecule has 8 nitrogen and oxygen atoms in total. The van der Waals surface area contributed by atoms with Crippen LogP contribution in [0.3, 0.4) is 0 Å². The molecule has 3 heterocycles. The lowest BCUT2D eigenvalue weighted by molar-refractivity contribution is 0.211. The number of pyridine rings is 1. The molecule has 1 aliphatic heterocycles. The van der Waals surface area contributed by atoms with Crippen LogP contribution in [0.4, 0.5) is 17.8 Å². The number of aromatic nitrogens is 4. The molecule has 1 saturated heterocycles. The Hall–Kier alpha value is -3.26. The van der Waals surface area contributed by atoms with Crippen molar-refractivity contribution in [3.63, 3.8) is 0 Å². The number of anilines is 3. The van der Waals surface area contributed by atoms with Crippen LogP contribution in [-0.2, 0) is 13.1 Å². The topological polar surface area (TPSA) is 90.9 Å². The maximum Gasteiger partial charge on any atom is 0.229 e. The van der Waals surface area contributed by atoms with Crippen LogP contribution in [-0.4, -0.2) is 50.0 Å². The highest BCUT2D eigenvalue weighted by molar-refractivity contribution is 5.43. The predicted molar refractivity (Wildman–Crippen MR) is 136 cm³/mol. The van der Waals surface area contributed by atoms with E-state index in [-0.39, 0.29) is 0 Å². The lowest BCUT2D eigenvalue weighted by Gasteiger charge is -2.32. The molecule has 0 spiro atoms. The molecule has 0 unspecified atom stereocenters. The molecule has 178 valence electrons. The zero-order chi connectivity index (χ0) is 23.0. The van der Waals surface area contributed by atoms with Gasteiger partial charge < -0.3 is 16.0 Å². The zero-order valence-corrected chi connectivity index (χ0v) is 19.7. The highest BCUT2D eigenvalue weighted by atomic mass is 15.3. The number of hydrogen-bond acceptors (Lipinski definition) is 8. The van der Waals surface area contributed by atoms with Crippen molar-refractivity contribution in [2.75, 3.05) is 29.0 Å². The van der Waals surface area contributed by atoms with E-state index in [9.17, 15) is 0 Å². The van der Waals surface area contributed by atoms with Gasteiger partial charge in [0.25, 0.3) is 0 Å². The second kappa shape index (κ2) is 11.2. The summed E-state index contributed by atoms with van der Waals surface area (Å²) in [5.74, 6) is 1.88. The minimum absolute atomic E-state index is 0.361. The first-order valence-electron chi connectivity index (χ1n) is 12.5. The number of hydrogen-bond donors (Lipinski definition) is 3. The molecule has 1 aromatic carbocycles. The zero-order valence-electron chi connectivity index (χ0n) is 19.7. The Morgan fingerprint density at radius 3 is 2.06 bits per heavy atom. The van der Waals surface area contributed by atoms with Crippen LogP contribution in [0.5, 0.6) is 0 Å². The Balaban J connectivity index is 1.21. The molecule has 0 atom stereocenters. The summed E-state index contributed by atoms with van der Waals surface area (Å²) in [6.45, 7) is 3.77. The summed E-state index contributed by atoms with van der Waals surface area (Å²) in [7, 11) is 0. The van der Waals surface area contributed by atoms with E-state index in [2.05, 4.69) is 66.1 Å². The lowest BCUT2D eigenvalue weighted by atomic mass is 10.0. The average Bonchev–Trinajstić information content (AvgIpc) is 3.38. The van der Waals surface area contributed by atoms with E-state index in [0.717, 1.165) is 38.0 Å². The summed E-state index contributed by atoms with van der Waals surface area (Å²) in [5.41, 5.74) is 2.46. The molecular weight excluding hydrogens is 424 g/mol. The monoisotopic (exact) mass is 458 g/mol. The van der Waals surface area contributed by atoms with Crippen LogP contribution >= 0.6 is 0 Å². The third-order valence-corrected chi connectivity index (χ3v) is 6.67. The van der Waals surface area contributed by atoms with Gasteiger partial charge in [-0.2, -0.15) is 15.0 Å². The van der Waals surface area contributed by atoms with Crippen molar-refractivity contribution in [2.24, 2.45) is 0 Å². The molecule has 3 aromatic rings. The number of likely N-dealkylation sites (tertiary alicyclic amines) is 1. The summed E-state index contributed by atoms with van der Waals surface area (Å²) >= 11 is 0. The minimum Gasteiger partial charge on any atom is -0.351 e. The summed E-state index contributed by atoms with van der Waals surface area (Å²) < 4.78 is 0. The van der Waals surface area contributed by atoms with E-state index in [1.54, 1.807) is 6.20 Å². The van der Waals surface area contributed by atoms with E-state index in [0.29, 0.717) is 36.5 Å². The smallest absolute Gasteiger partial charge is 0.229 e. The molecule has 0 amide bonds. The number of nitrogens with zero attached hydrogens (tertiary/aromatic N) is 5. The molecule has 5 rings (SSSR count). The molecule has 1 saturated carbocycles. The Bertz CT molecular complexity index is 1020. The number of piperidine rings is 1. The van der Waals surface area contributed by atoms with Gasteiger partial charge in [-0.1, -0.05) is 49.2 Å². The molecule has 2 aromatic heterocycles. The van der Waals surface area contributed by atoms with Gasteiger partial charge in [0.2, 0.25) is 17.8 Å². The van der Waals surface area contributed by atoms with Crippen molar-refractivity contribution in [1.29, 1.82) is 0 Å². The SMILES string of the molecule is c1ccc(CN2CCC(Nc3nc(NCc4cccnc4)nc(NC4CCCC4)n3)CC2)cc1. The summed E-state index contributed by atoms with van der Waals surface area (Å²) in [6, 6.07) is 15.5. The van der Waals surface area contributed by atoms with Crippen molar-refractivity contribution in [2.45, 2.75) is 63.7 Å². The minimum atomic E-state index is 0.361. The number of benzene rings is 1. The van der Waals surface area contributed by atoms with Gasteiger partial charge in [0.1, 0.15) is 0 Å². The van der Waals surface area contributed by atoms with Crippen molar-refractivity contribution >= 4 is 17.8 Å². The van der Waals surface area contributed by atoms with Gasteiger partial charge in [0, 0.05) is 50.7 Å². The summed E-state index contributed by atoms with van der Waals surface area (Å²) in [4.78, 5) is 20.8. The first kappa shape index (κ1) is 22.5. The van der Waals surface area contributed by atoms with Crippen LogP contribution in [0.15, 0.2) is 54.9 Å². The van der Waals surface area contributed by atoms with E-state index >= 15 is 0 Å². The first-order chi connectivity index (χ1) is 16.8. The fourth-order valence-corrected chi connectivity index (χ4v) is 4.78. The van der Waals surface area contributed by atoms with Gasteiger partial charge in [0.15, 0.2) is 0 Å². The molecule has 34 heavy (non-hydrogen) atoms. The Kier molecular flexibility index (Phi) is 7.45. The van der Waals surface area contributed by atoms with Gasteiger partial charge in [-0.25, -0.2) is 0 Å². The summed E-state index contributed by atoms with van der Waals surface area (Å²) in [6.07, 6.45) is 10.7. The van der Waals surface area contributed by atoms with Gasteiger partial charge in [0.05, 0.1) is 0 Å². The van der Waals surface area contributed by atoms with Crippen molar-refractivity contribution in [3.8, 4) is 0 Å². The second-order valence-electron chi connectivity index (χ2n) is 9.33. The van der Waals surface area contributed by atoms with Crippen molar-refractivity contribution < 1.29 is 0 Å². The first-order valence-corrected chi connectivity index (χ1v) is 12.5. The molecule has 0 radical (unpaired) electrons. The fourth-order valence-electron chi connectivity index (χ4n) is 4.78. The highest BCUT2D eigenvalue weighted by Crippen LogP contribution is 2.23. The maximum atomic E-state index is 4.72. The standard InChI is InChI=1S/C26H34N8/c1-2-7-20(8-3-1)19-34-15-12-23(13-16-34)30-26-32-24(28-18-21-9-6-14-27-17-21)31-25(33-26)29-22-10-4-5-11-22/h1-3,6-9,14,17,22-23H,4-5,10-13,15-16,18-19H2,(H3,28,29,30,31,32,33). The highest BCUT2D eigenvalue weighted by Gasteiger charge is 2.21. The van der Waals surface area contributed by atoms with Gasteiger partial charge in [-0.15, -0.1) is 0 Å². The molecular formula is C26H34N8. The van der Waals surface area contributed by atoms with Crippen LogP contribution in [0.2, 0.25) is 0 Å². The molecule has 0 bridgehead atoms. The quantitative estimate of drug-likeness (QED) is 0.437. The van der Waals surface area contributed by atoms with E-state index in [1.165, 1.54) is 31.2 Å². The molecule has 8 heteroatoms. The Labute approximate surface area is 201 Å². The second-order valence-corrected chi connectivity index (χ2v) is 9.33.